The molecule has 152 valence electrons. The second-order valence-corrected chi connectivity index (χ2v) is 8.31. The summed E-state index contributed by atoms with van der Waals surface area (Å²) in [6.07, 6.45) is 0.193. The molecule has 0 aliphatic rings. The van der Waals surface area contributed by atoms with Crippen molar-refractivity contribution >= 4 is 21.6 Å². The van der Waals surface area contributed by atoms with E-state index in [4.69, 9.17) is 4.74 Å². The molecule has 0 aliphatic carbocycles. The molecule has 0 bridgehead atoms. The molecule has 1 amide bonds. The Kier molecular flexibility index (Phi) is 7.60. The van der Waals surface area contributed by atoms with Gasteiger partial charge < -0.3 is 10.1 Å². The van der Waals surface area contributed by atoms with Crippen molar-refractivity contribution in [2.24, 2.45) is 0 Å². The summed E-state index contributed by atoms with van der Waals surface area (Å²) in [5.74, 6) is 0.557. The van der Waals surface area contributed by atoms with Gasteiger partial charge in [0.05, 0.1) is 17.9 Å². The van der Waals surface area contributed by atoms with Crippen LogP contribution < -0.4 is 10.1 Å². The maximum absolute atomic E-state index is 12.7. The molecule has 0 aliphatic heterocycles. The minimum atomic E-state index is -3.58. The Morgan fingerprint density at radius 3 is 2.25 bits per heavy atom. The first-order chi connectivity index (χ1) is 13.3. The van der Waals surface area contributed by atoms with Crippen LogP contribution in [0.1, 0.15) is 31.9 Å². The van der Waals surface area contributed by atoms with Crippen molar-refractivity contribution in [2.75, 3.05) is 25.0 Å². The maximum Gasteiger partial charge on any atom is 0.243 e. The fourth-order valence-electron chi connectivity index (χ4n) is 2.86. The molecule has 2 aromatic carbocycles. The molecule has 2 rings (SSSR count). The van der Waals surface area contributed by atoms with E-state index in [-0.39, 0.29) is 17.2 Å². The summed E-state index contributed by atoms with van der Waals surface area (Å²) in [5, 5.41) is 2.83. The molecule has 0 radical (unpaired) electrons. The number of hydrogen-bond acceptors (Lipinski definition) is 4. The molecule has 7 heteroatoms. The van der Waals surface area contributed by atoms with Crippen molar-refractivity contribution in [3.63, 3.8) is 0 Å². The van der Waals surface area contributed by atoms with E-state index in [1.807, 2.05) is 38.1 Å². The molecule has 0 atom stereocenters. The molecule has 0 saturated heterocycles. The SMILES string of the molecule is CCOc1ccc(CC(=O)Nc2cc(S(=O)(=O)N(CC)CC)ccc2C)cc1. The van der Waals surface area contributed by atoms with Crippen LogP contribution in [0.3, 0.4) is 0 Å². The van der Waals surface area contributed by atoms with Crippen LogP contribution in [0.5, 0.6) is 5.75 Å². The molecule has 0 heterocycles. The summed E-state index contributed by atoms with van der Waals surface area (Å²) in [4.78, 5) is 12.6. The van der Waals surface area contributed by atoms with Gasteiger partial charge in [0, 0.05) is 18.8 Å². The van der Waals surface area contributed by atoms with E-state index in [9.17, 15) is 13.2 Å². The minimum absolute atomic E-state index is 0.179. The predicted molar refractivity (Wildman–Crippen MR) is 111 cm³/mol. The lowest BCUT2D eigenvalue weighted by molar-refractivity contribution is -0.115. The van der Waals surface area contributed by atoms with Gasteiger partial charge in [0.2, 0.25) is 15.9 Å². The average molecular weight is 405 g/mol. The Bertz CT molecular complexity index is 905. The zero-order chi connectivity index (χ0) is 20.7. The van der Waals surface area contributed by atoms with Gasteiger partial charge in [0.1, 0.15) is 5.75 Å². The van der Waals surface area contributed by atoms with Gasteiger partial charge in [-0.05, 0) is 49.2 Å². The summed E-state index contributed by atoms with van der Waals surface area (Å²) in [6.45, 7) is 8.73. The standard InChI is InChI=1S/C21H28N2O4S/c1-5-23(6-2)28(25,26)19-13-8-16(4)20(15-19)22-21(24)14-17-9-11-18(12-10-17)27-7-3/h8-13,15H,5-7,14H2,1-4H3,(H,22,24). The van der Waals surface area contributed by atoms with E-state index in [0.717, 1.165) is 16.9 Å². The van der Waals surface area contributed by atoms with Crippen molar-refractivity contribution in [3.8, 4) is 5.75 Å². The fourth-order valence-corrected chi connectivity index (χ4v) is 4.34. The van der Waals surface area contributed by atoms with E-state index >= 15 is 0 Å². The highest BCUT2D eigenvalue weighted by Gasteiger charge is 2.22. The number of carbonyl (C=O) groups is 1. The van der Waals surface area contributed by atoms with Gasteiger partial charge in [-0.15, -0.1) is 0 Å². The lowest BCUT2D eigenvalue weighted by Gasteiger charge is -2.19. The number of anilines is 1. The maximum atomic E-state index is 12.7. The quantitative estimate of drug-likeness (QED) is 0.693. The Hall–Kier alpha value is -2.38. The molecular weight excluding hydrogens is 376 g/mol. The first-order valence-corrected chi connectivity index (χ1v) is 10.9. The topological polar surface area (TPSA) is 75.7 Å². The van der Waals surface area contributed by atoms with E-state index in [0.29, 0.717) is 25.4 Å². The van der Waals surface area contributed by atoms with Crippen molar-refractivity contribution in [3.05, 3.63) is 53.6 Å². The van der Waals surface area contributed by atoms with Crippen molar-refractivity contribution in [1.29, 1.82) is 0 Å². The molecule has 1 N–H and O–H groups in total. The number of ether oxygens (including phenoxy) is 1. The highest BCUT2D eigenvalue weighted by atomic mass is 32.2. The summed E-state index contributed by atoms with van der Waals surface area (Å²) >= 11 is 0. The molecule has 0 unspecified atom stereocenters. The van der Waals surface area contributed by atoms with Crippen LogP contribution in [0, 0.1) is 6.92 Å². The van der Waals surface area contributed by atoms with Crippen molar-refractivity contribution < 1.29 is 17.9 Å². The second kappa shape index (κ2) is 9.71. The van der Waals surface area contributed by atoms with Crippen molar-refractivity contribution in [2.45, 2.75) is 39.0 Å². The zero-order valence-electron chi connectivity index (χ0n) is 16.9. The summed E-state index contributed by atoms with van der Waals surface area (Å²) in [7, 11) is -3.58. The van der Waals surface area contributed by atoms with Crippen LogP contribution in [-0.2, 0) is 21.2 Å². The van der Waals surface area contributed by atoms with Gasteiger partial charge in [0.15, 0.2) is 0 Å². The molecule has 2 aromatic rings. The summed E-state index contributed by atoms with van der Waals surface area (Å²) in [5.41, 5.74) is 2.16. The Labute approximate surface area is 167 Å². The van der Waals surface area contributed by atoms with Gasteiger partial charge in [-0.3, -0.25) is 4.79 Å². The minimum Gasteiger partial charge on any atom is -0.494 e. The van der Waals surface area contributed by atoms with Crippen LogP contribution in [0.25, 0.3) is 0 Å². The number of sulfonamides is 1. The second-order valence-electron chi connectivity index (χ2n) is 6.37. The van der Waals surface area contributed by atoms with Crippen LogP contribution in [-0.4, -0.2) is 38.3 Å². The number of nitrogens with zero attached hydrogens (tertiary/aromatic N) is 1. The lowest BCUT2D eigenvalue weighted by Crippen LogP contribution is -2.30. The first kappa shape index (κ1) is 21.9. The van der Waals surface area contributed by atoms with E-state index < -0.39 is 10.0 Å². The molecule has 0 fully saturated rings. The third-order valence-corrected chi connectivity index (χ3v) is 6.47. The van der Waals surface area contributed by atoms with Crippen LogP contribution in [0.2, 0.25) is 0 Å². The predicted octanol–water partition coefficient (Wildman–Crippen LogP) is 3.61. The highest BCUT2D eigenvalue weighted by molar-refractivity contribution is 7.89. The number of carbonyl (C=O) groups excluding carboxylic acids is 1. The lowest BCUT2D eigenvalue weighted by atomic mass is 10.1. The van der Waals surface area contributed by atoms with Gasteiger partial charge in [-0.2, -0.15) is 4.31 Å². The molecule has 0 aromatic heterocycles. The van der Waals surface area contributed by atoms with E-state index in [2.05, 4.69) is 5.32 Å². The van der Waals surface area contributed by atoms with Crippen LogP contribution in [0.4, 0.5) is 5.69 Å². The smallest absolute Gasteiger partial charge is 0.243 e. The van der Waals surface area contributed by atoms with Crippen molar-refractivity contribution in [1.82, 2.24) is 4.31 Å². The van der Waals surface area contributed by atoms with Gasteiger partial charge in [-0.1, -0.05) is 32.0 Å². The number of aryl methyl sites for hydroxylation is 1. The summed E-state index contributed by atoms with van der Waals surface area (Å²) < 4.78 is 32.2. The third kappa shape index (κ3) is 5.33. The monoisotopic (exact) mass is 404 g/mol. The molecule has 0 spiro atoms. The van der Waals surface area contributed by atoms with Gasteiger partial charge >= 0.3 is 0 Å². The number of hydrogen-bond donors (Lipinski definition) is 1. The highest BCUT2D eigenvalue weighted by Crippen LogP contribution is 2.23. The Balaban J connectivity index is 2.16. The fraction of sp³-hybridized carbons (Fsp3) is 0.381. The van der Waals surface area contributed by atoms with E-state index in [1.165, 1.54) is 10.4 Å². The first-order valence-electron chi connectivity index (χ1n) is 9.44. The molecule has 28 heavy (non-hydrogen) atoms. The Morgan fingerprint density at radius 1 is 1.04 bits per heavy atom. The van der Waals surface area contributed by atoms with Crippen LogP contribution >= 0.6 is 0 Å². The summed E-state index contributed by atoms with van der Waals surface area (Å²) in [6, 6.07) is 12.2. The van der Waals surface area contributed by atoms with Gasteiger partial charge in [-0.25, -0.2) is 8.42 Å². The number of nitrogens with one attached hydrogen (secondary N) is 1. The van der Waals surface area contributed by atoms with Gasteiger partial charge in [0.25, 0.3) is 0 Å². The zero-order valence-corrected chi connectivity index (χ0v) is 17.7. The molecular formula is C21H28N2O4S. The third-order valence-electron chi connectivity index (χ3n) is 4.43. The normalized spacial score (nSPS) is 11.5. The number of rotatable bonds is 9. The average Bonchev–Trinajstić information content (AvgIpc) is 2.66. The molecule has 6 nitrogen and oxygen atoms in total. The largest absolute Gasteiger partial charge is 0.494 e. The van der Waals surface area contributed by atoms with Crippen LogP contribution in [0.15, 0.2) is 47.4 Å². The number of benzene rings is 2. The molecule has 0 saturated carbocycles. The number of amides is 1. The van der Waals surface area contributed by atoms with E-state index in [1.54, 1.807) is 26.0 Å². The Morgan fingerprint density at radius 2 is 1.68 bits per heavy atom.